The molecule has 1 aliphatic rings. The third kappa shape index (κ3) is 3.18. The first-order valence-electron chi connectivity index (χ1n) is 7.25. The number of benzene rings is 1. The summed E-state index contributed by atoms with van der Waals surface area (Å²) in [4.78, 5) is 0. The van der Waals surface area contributed by atoms with Crippen molar-refractivity contribution in [2.45, 2.75) is 44.7 Å². The van der Waals surface area contributed by atoms with Crippen molar-refractivity contribution in [3.8, 4) is 17.2 Å². The summed E-state index contributed by atoms with van der Waals surface area (Å²) in [6.45, 7) is 2.18. The molecule has 0 amide bonds. The number of methoxy groups -OCH3 is 3. The minimum Gasteiger partial charge on any atom is -0.493 e. The molecule has 0 bridgehead atoms. The summed E-state index contributed by atoms with van der Waals surface area (Å²) in [5.41, 5.74) is 1.16. The summed E-state index contributed by atoms with van der Waals surface area (Å²) in [5, 5.41) is 3.68. The van der Waals surface area contributed by atoms with Crippen molar-refractivity contribution in [1.82, 2.24) is 5.32 Å². The highest BCUT2D eigenvalue weighted by Crippen LogP contribution is 2.39. The molecule has 0 aromatic heterocycles. The molecule has 4 heteroatoms. The molecule has 0 radical (unpaired) electrons. The van der Waals surface area contributed by atoms with Gasteiger partial charge in [-0.2, -0.15) is 0 Å². The summed E-state index contributed by atoms with van der Waals surface area (Å²) in [6, 6.07) is 4.94. The highest BCUT2D eigenvalue weighted by atomic mass is 16.5. The Morgan fingerprint density at radius 3 is 2.00 bits per heavy atom. The van der Waals surface area contributed by atoms with Gasteiger partial charge in [0.1, 0.15) is 0 Å². The molecule has 1 aromatic rings. The van der Waals surface area contributed by atoms with Gasteiger partial charge in [-0.3, -0.25) is 0 Å². The summed E-state index contributed by atoms with van der Waals surface area (Å²) in [5.74, 6) is 2.07. The lowest BCUT2D eigenvalue weighted by molar-refractivity contribution is 0.322. The third-order valence-electron chi connectivity index (χ3n) is 4.03. The van der Waals surface area contributed by atoms with Crippen LogP contribution in [0, 0.1) is 0 Å². The molecule has 112 valence electrons. The molecule has 0 heterocycles. The monoisotopic (exact) mass is 279 g/mol. The van der Waals surface area contributed by atoms with E-state index < -0.39 is 0 Å². The van der Waals surface area contributed by atoms with Crippen LogP contribution in [0.1, 0.15) is 44.2 Å². The zero-order valence-corrected chi connectivity index (χ0v) is 12.9. The molecular formula is C16H25NO3. The van der Waals surface area contributed by atoms with Gasteiger partial charge in [-0.1, -0.05) is 12.8 Å². The zero-order valence-electron chi connectivity index (χ0n) is 12.9. The average molecular weight is 279 g/mol. The predicted octanol–water partition coefficient (Wildman–Crippen LogP) is 3.31. The van der Waals surface area contributed by atoms with E-state index in [1.165, 1.54) is 25.7 Å². The van der Waals surface area contributed by atoms with Crippen LogP contribution in [-0.2, 0) is 0 Å². The molecule has 1 aliphatic carbocycles. The van der Waals surface area contributed by atoms with Gasteiger partial charge in [0.25, 0.3) is 0 Å². The molecule has 0 spiro atoms. The highest BCUT2D eigenvalue weighted by Gasteiger charge is 2.20. The lowest BCUT2D eigenvalue weighted by atomic mass is 10.1. The molecule has 1 fully saturated rings. The maximum absolute atomic E-state index is 5.41. The van der Waals surface area contributed by atoms with Crippen LogP contribution in [0.25, 0.3) is 0 Å². The average Bonchev–Trinajstić information content (AvgIpc) is 2.98. The Kier molecular flexibility index (Phi) is 5.12. The SMILES string of the molecule is COc1cc(C(C)NC2CCCC2)cc(OC)c1OC. The topological polar surface area (TPSA) is 39.7 Å². The smallest absolute Gasteiger partial charge is 0.203 e. The van der Waals surface area contributed by atoms with Crippen LogP contribution in [0.15, 0.2) is 12.1 Å². The largest absolute Gasteiger partial charge is 0.493 e. The summed E-state index contributed by atoms with van der Waals surface area (Å²) in [6.07, 6.45) is 5.21. The molecule has 1 atom stereocenters. The van der Waals surface area contributed by atoms with Crippen molar-refractivity contribution in [2.24, 2.45) is 0 Å². The number of ether oxygens (including phenoxy) is 3. The van der Waals surface area contributed by atoms with E-state index in [2.05, 4.69) is 12.2 Å². The molecule has 1 saturated carbocycles. The van der Waals surface area contributed by atoms with E-state index in [1.807, 2.05) is 12.1 Å². The highest BCUT2D eigenvalue weighted by molar-refractivity contribution is 5.54. The van der Waals surface area contributed by atoms with Crippen molar-refractivity contribution in [2.75, 3.05) is 21.3 Å². The van der Waals surface area contributed by atoms with Gasteiger partial charge in [0.15, 0.2) is 11.5 Å². The van der Waals surface area contributed by atoms with E-state index in [1.54, 1.807) is 21.3 Å². The number of hydrogen-bond donors (Lipinski definition) is 1. The molecule has 0 saturated heterocycles. The molecule has 1 aromatic carbocycles. The molecular weight excluding hydrogens is 254 g/mol. The Balaban J connectivity index is 2.21. The second-order valence-electron chi connectivity index (χ2n) is 5.33. The fourth-order valence-electron chi connectivity index (χ4n) is 2.89. The first-order valence-corrected chi connectivity index (χ1v) is 7.25. The number of hydrogen-bond acceptors (Lipinski definition) is 4. The van der Waals surface area contributed by atoms with E-state index in [0.29, 0.717) is 23.3 Å². The normalized spacial score (nSPS) is 17.0. The Morgan fingerprint density at radius 1 is 1.00 bits per heavy atom. The summed E-state index contributed by atoms with van der Waals surface area (Å²) >= 11 is 0. The van der Waals surface area contributed by atoms with Gasteiger partial charge in [0, 0.05) is 12.1 Å². The van der Waals surface area contributed by atoms with Gasteiger partial charge in [0.2, 0.25) is 5.75 Å². The van der Waals surface area contributed by atoms with Gasteiger partial charge in [-0.25, -0.2) is 0 Å². The standard InChI is InChI=1S/C16H25NO3/c1-11(17-13-7-5-6-8-13)12-9-14(18-2)16(20-4)15(10-12)19-3/h9-11,13,17H,5-8H2,1-4H3. The van der Waals surface area contributed by atoms with E-state index >= 15 is 0 Å². The van der Waals surface area contributed by atoms with Crippen LogP contribution >= 0.6 is 0 Å². The first-order chi connectivity index (χ1) is 9.69. The first kappa shape index (κ1) is 15.0. The summed E-state index contributed by atoms with van der Waals surface area (Å²) in [7, 11) is 4.92. The maximum atomic E-state index is 5.41. The van der Waals surface area contributed by atoms with Crippen molar-refractivity contribution in [3.63, 3.8) is 0 Å². The van der Waals surface area contributed by atoms with Crippen LogP contribution in [0.5, 0.6) is 17.2 Å². The number of nitrogens with one attached hydrogen (secondary N) is 1. The van der Waals surface area contributed by atoms with E-state index in [-0.39, 0.29) is 6.04 Å². The van der Waals surface area contributed by atoms with Crippen molar-refractivity contribution >= 4 is 0 Å². The second kappa shape index (κ2) is 6.84. The van der Waals surface area contributed by atoms with Gasteiger partial charge in [0.05, 0.1) is 21.3 Å². The molecule has 1 N–H and O–H groups in total. The molecule has 0 aliphatic heterocycles. The lowest BCUT2D eigenvalue weighted by Crippen LogP contribution is -2.28. The Labute approximate surface area is 121 Å². The van der Waals surface area contributed by atoms with Crippen molar-refractivity contribution in [1.29, 1.82) is 0 Å². The van der Waals surface area contributed by atoms with Crippen molar-refractivity contribution in [3.05, 3.63) is 17.7 Å². The molecule has 4 nitrogen and oxygen atoms in total. The molecule has 20 heavy (non-hydrogen) atoms. The van der Waals surface area contributed by atoms with E-state index in [4.69, 9.17) is 14.2 Å². The molecule has 1 unspecified atom stereocenters. The summed E-state index contributed by atoms with van der Waals surface area (Å²) < 4.78 is 16.2. The third-order valence-corrected chi connectivity index (χ3v) is 4.03. The Bertz CT molecular complexity index is 416. The number of rotatable bonds is 6. The minimum atomic E-state index is 0.270. The fourth-order valence-corrected chi connectivity index (χ4v) is 2.89. The van der Waals surface area contributed by atoms with Crippen LogP contribution in [0.4, 0.5) is 0 Å². The zero-order chi connectivity index (χ0) is 14.5. The van der Waals surface area contributed by atoms with E-state index in [9.17, 15) is 0 Å². The fraction of sp³-hybridized carbons (Fsp3) is 0.625. The second-order valence-corrected chi connectivity index (χ2v) is 5.33. The molecule has 2 rings (SSSR count). The van der Waals surface area contributed by atoms with Gasteiger partial charge in [-0.15, -0.1) is 0 Å². The van der Waals surface area contributed by atoms with Crippen LogP contribution in [0.2, 0.25) is 0 Å². The Morgan fingerprint density at radius 2 is 1.55 bits per heavy atom. The quantitative estimate of drug-likeness (QED) is 0.867. The van der Waals surface area contributed by atoms with Gasteiger partial charge < -0.3 is 19.5 Å². The van der Waals surface area contributed by atoms with Crippen molar-refractivity contribution < 1.29 is 14.2 Å². The minimum absolute atomic E-state index is 0.270. The van der Waals surface area contributed by atoms with E-state index in [0.717, 1.165) is 5.56 Å². The van der Waals surface area contributed by atoms with Crippen LogP contribution in [0.3, 0.4) is 0 Å². The maximum Gasteiger partial charge on any atom is 0.203 e. The van der Waals surface area contributed by atoms with Crippen LogP contribution in [-0.4, -0.2) is 27.4 Å². The predicted molar refractivity (Wildman–Crippen MR) is 79.9 cm³/mol. The lowest BCUT2D eigenvalue weighted by Gasteiger charge is -2.21. The Hall–Kier alpha value is -1.42. The van der Waals surface area contributed by atoms with Gasteiger partial charge >= 0.3 is 0 Å². The van der Waals surface area contributed by atoms with Crippen LogP contribution < -0.4 is 19.5 Å². The van der Waals surface area contributed by atoms with Gasteiger partial charge in [-0.05, 0) is 37.5 Å².